The molecule has 1 aliphatic heterocycles. The van der Waals surface area contributed by atoms with E-state index in [2.05, 4.69) is 10.6 Å². The summed E-state index contributed by atoms with van der Waals surface area (Å²) in [6.45, 7) is 3.43. The lowest BCUT2D eigenvalue weighted by Crippen LogP contribution is -2.34. The zero-order valence-electron chi connectivity index (χ0n) is 15.0. The lowest BCUT2D eigenvalue weighted by atomic mass is 10.2. The number of nitrogens with one attached hydrogen (secondary N) is 2. The van der Waals surface area contributed by atoms with E-state index < -0.39 is 23.2 Å². The van der Waals surface area contributed by atoms with E-state index >= 15 is 0 Å². The molecular weight excluding hydrogens is 364 g/mol. The van der Waals surface area contributed by atoms with Gasteiger partial charge in [-0.2, -0.15) is 0 Å². The van der Waals surface area contributed by atoms with Crippen LogP contribution in [0.25, 0.3) is 0 Å². The van der Waals surface area contributed by atoms with Crippen LogP contribution in [0.3, 0.4) is 0 Å². The summed E-state index contributed by atoms with van der Waals surface area (Å²) in [6, 6.07) is 14.7. The van der Waals surface area contributed by atoms with Crippen LogP contribution in [0.5, 0.6) is 0 Å². The summed E-state index contributed by atoms with van der Waals surface area (Å²) in [5.41, 5.74) is 2.39. The van der Waals surface area contributed by atoms with Gasteiger partial charge in [0.05, 0.1) is 17.4 Å². The number of carbonyl (C=O) groups excluding carboxylic acids is 3. The molecule has 0 aliphatic carbocycles. The highest BCUT2D eigenvalue weighted by atomic mass is 32.2. The van der Waals surface area contributed by atoms with Crippen LogP contribution >= 0.6 is 11.8 Å². The molecule has 0 radical (unpaired) electrons. The van der Waals surface area contributed by atoms with E-state index in [4.69, 9.17) is 4.74 Å². The monoisotopic (exact) mass is 384 g/mol. The summed E-state index contributed by atoms with van der Waals surface area (Å²) in [7, 11) is 0. The first-order chi connectivity index (χ1) is 12.9. The maximum Gasteiger partial charge on any atom is 0.308 e. The van der Waals surface area contributed by atoms with E-state index in [-0.39, 0.29) is 12.3 Å². The molecule has 0 fully saturated rings. The number of aryl methyl sites for hydroxylation is 1. The van der Waals surface area contributed by atoms with E-state index in [1.165, 1.54) is 18.7 Å². The molecule has 0 saturated carbocycles. The lowest BCUT2D eigenvalue weighted by molar-refractivity contribution is -0.153. The van der Waals surface area contributed by atoms with Gasteiger partial charge in [0.1, 0.15) is 0 Å². The number of carbonyl (C=O) groups is 3. The number of thioether (sulfide) groups is 1. The number of ether oxygens (including phenoxy) is 1. The molecule has 0 spiro atoms. The number of rotatable bonds is 5. The van der Waals surface area contributed by atoms with Crippen molar-refractivity contribution < 1.29 is 19.1 Å². The third-order valence-corrected chi connectivity index (χ3v) is 5.30. The Balaban J connectivity index is 1.54. The molecule has 0 unspecified atom stereocenters. The highest BCUT2D eigenvalue weighted by Gasteiger charge is 2.30. The molecule has 2 aromatic rings. The molecule has 27 heavy (non-hydrogen) atoms. The highest BCUT2D eigenvalue weighted by molar-refractivity contribution is 8.01. The average molecular weight is 384 g/mol. The zero-order chi connectivity index (χ0) is 19.4. The summed E-state index contributed by atoms with van der Waals surface area (Å²) in [4.78, 5) is 37.5. The minimum Gasteiger partial charge on any atom is -0.452 e. The number of fused-ring (bicyclic) bond motifs is 1. The fraction of sp³-hybridized carbons (Fsp3) is 0.250. The second kappa shape index (κ2) is 8.26. The first-order valence-electron chi connectivity index (χ1n) is 8.56. The number of anilines is 2. The van der Waals surface area contributed by atoms with Crippen molar-refractivity contribution >= 4 is 40.9 Å². The SMILES string of the molecule is Cc1cccc(NC(=O)[C@H](C)OC(=O)C[C@@H]2Sc3ccccc3NC2=O)c1. The molecule has 2 atom stereocenters. The van der Waals surface area contributed by atoms with Crippen LogP contribution in [0.1, 0.15) is 18.9 Å². The van der Waals surface area contributed by atoms with E-state index in [1.807, 2.05) is 49.4 Å². The molecule has 1 aliphatic rings. The van der Waals surface area contributed by atoms with E-state index in [1.54, 1.807) is 6.07 Å². The molecule has 2 amide bonds. The van der Waals surface area contributed by atoms with Gasteiger partial charge < -0.3 is 15.4 Å². The van der Waals surface area contributed by atoms with Gasteiger partial charge in [-0.15, -0.1) is 11.8 Å². The molecule has 2 N–H and O–H groups in total. The fourth-order valence-electron chi connectivity index (χ4n) is 2.64. The van der Waals surface area contributed by atoms with Crippen LogP contribution < -0.4 is 10.6 Å². The van der Waals surface area contributed by atoms with Gasteiger partial charge in [0.2, 0.25) is 5.91 Å². The van der Waals surface area contributed by atoms with Crippen molar-refractivity contribution in [3.8, 4) is 0 Å². The maximum absolute atomic E-state index is 12.2. The predicted octanol–water partition coefficient (Wildman–Crippen LogP) is 3.37. The highest BCUT2D eigenvalue weighted by Crippen LogP contribution is 2.36. The Bertz CT molecular complexity index is 884. The number of esters is 1. The molecule has 0 bridgehead atoms. The normalized spacial score (nSPS) is 16.7. The third-order valence-electron chi connectivity index (χ3n) is 4.02. The van der Waals surface area contributed by atoms with Gasteiger partial charge in [0, 0.05) is 10.6 Å². The third kappa shape index (κ3) is 4.89. The summed E-state index contributed by atoms with van der Waals surface area (Å²) in [6.07, 6.45) is -1.06. The van der Waals surface area contributed by atoms with E-state index in [0.717, 1.165) is 16.1 Å². The molecule has 2 aromatic carbocycles. The van der Waals surface area contributed by atoms with Crippen molar-refractivity contribution in [2.75, 3.05) is 10.6 Å². The maximum atomic E-state index is 12.2. The minimum absolute atomic E-state index is 0.104. The zero-order valence-corrected chi connectivity index (χ0v) is 15.8. The summed E-state index contributed by atoms with van der Waals surface area (Å²) >= 11 is 1.32. The minimum atomic E-state index is -0.957. The number of para-hydroxylation sites is 1. The molecule has 140 valence electrons. The van der Waals surface area contributed by atoms with Crippen molar-refractivity contribution in [3.63, 3.8) is 0 Å². The van der Waals surface area contributed by atoms with Gasteiger partial charge in [-0.1, -0.05) is 24.3 Å². The van der Waals surface area contributed by atoms with Crippen molar-refractivity contribution in [1.29, 1.82) is 0 Å². The number of amides is 2. The molecule has 3 rings (SSSR count). The Kier molecular flexibility index (Phi) is 5.81. The van der Waals surface area contributed by atoms with Crippen LogP contribution in [0.4, 0.5) is 11.4 Å². The van der Waals surface area contributed by atoms with Gasteiger partial charge in [0.25, 0.3) is 5.91 Å². The number of hydrogen-bond acceptors (Lipinski definition) is 5. The molecular formula is C20H20N2O4S. The molecule has 1 heterocycles. The summed E-state index contributed by atoms with van der Waals surface area (Å²) in [5, 5.41) is 4.91. The molecule has 0 aromatic heterocycles. The van der Waals surface area contributed by atoms with Crippen molar-refractivity contribution in [3.05, 3.63) is 54.1 Å². The Hall–Kier alpha value is -2.80. The molecule has 7 heteroatoms. The van der Waals surface area contributed by atoms with Gasteiger partial charge in [-0.05, 0) is 43.7 Å². The van der Waals surface area contributed by atoms with Gasteiger partial charge in [-0.3, -0.25) is 14.4 Å². The Morgan fingerprint density at radius 1 is 1.22 bits per heavy atom. The van der Waals surface area contributed by atoms with Crippen molar-refractivity contribution in [2.24, 2.45) is 0 Å². The Morgan fingerprint density at radius 2 is 2.00 bits per heavy atom. The lowest BCUT2D eigenvalue weighted by Gasteiger charge is -2.23. The standard InChI is InChI=1S/C20H20N2O4S/c1-12-6-5-7-14(10-12)21-19(24)13(2)26-18(23)11-17-20(25)22-15-8-3-4-9-16(15)27-17/h3-10,13,17H,11H2,1-2H3,(H,21,24)(H,22,25)/t13-,17-/m0/s1. The van der Waals surface area contributed by atoms with Crippen LogP contribution in [0.2, 0.25) is 0 Å². The van der Waals surface area contributed by atoms with E-state index in [9.17, 15) is 14.4 Å². The number of hydrogen-bond donors (Lipinski definition) is 2. The van der Waals surface area contributed by atoms with Crippen molar-refractivity contribution in [2.45, 2.75) is 36.5 Å². The topological polar surface area (TPSA) is 84.5 Å². The largest absolute Gasteiger partial charge is 0.452 e. The Morgan fingerprint density at radius 3 is 2.78 bits per heavy atom. The van der Waals surface area contributed by atoms with Crippen molar-refractivity contribution in [1.82, 2.24) is 0 Å². The fourth-order valence-corrected chi connectivity index (χ4v) is 3.74. The second-order valence-corrected chi connectivity index (χ2v) is 7.53. The van der Waals surface area contributed by atoms with E-state index in [0.29, 0.717) is 5.69 Å². The van der Waals surface area contributed by atoms with Gasteiger partial charge in [-0.25, -0.2) is 0 Å². The second-order valence-electron chi connectivity index (χ2n) is 6.29. The van der Waals surface area contributed by atoms with Gasteiger partial charge >= 0.3 is 5.97 Å². The summed E-state index contributed by atoms with van der Waals surface area (Å²) < 4.78 is 5.21. The predicted molar refractivity (Wildman–Crippen MR) is 105 cm³/mol. The van der Waals surface area contributed by atoms with Gasteiger partial charge in [0.15, 0.2) is 6.10 Å². The van der Waals surface area contributed by atoms with Crippen LogP contribution in [-0.4, -0.2) is 29.1 Å². The van der Waals surface area contributed by atoms with Crippen LogP contribution in [0.15, 0.2) is 53.4 Å². The van der Waals surface area contributed by atoms with Crippen LogP contribution in [0, 0.1) is 6.92 Å². The quantitative estimate of drug-likeness (QED) is 0.772. The first-order valence-corrected chi connectivity index (χ1v) is 9.44. The summed E-state index contributed by atoms with van der Waals surface area (Å²) in [5.74, 6) is -1.25. The smallest absolute Gasteiger partial charge is 0.308 e. The average Bonchev–Trinajstić information content (AvgIpc) is 2.62. The number of benzene rings is 2. The molecule has 0 saturated heterocycles. The first kappa shape index (κ1) is 19.0. The Labute approximate surface area is 161 Å². The molecule has 6 nitrogen and oxygen atoms in total. The van der Waals surface area contributed by atoms with Crippen LogP contribution in [-0.2, 0) is 19.1 Å².